The van der Waals surface area contributed by atoms with Gasteiger partial charge in [-0.3, -0.25) is 4.79 Å². The molecule has 0 fully saturated rings. The molecule has 13 heavy (non-hydrogen) atoms. The molecule has 0 bridgehead atoms. The van der Waals surface area contributed by atoms with Gasteiger partial charge in [-0.05, 0) is 47.2 Å². The molecule has 0 aromatic heterocycles. The van der Waals surface area contributed by atoms with Gasteiger partial charge in [0.15, 0.2) is 5.78 Å². The Bertz CT molecular complexity index is 352. The highest BCUT2D eigenvalue weighted by molar-refractivity contribution is 14.1. The summed E-state index contributed by atoms with van der Waals surface area (Å²) >= 11 is 11.2. The summed E-state index contributed by atoms with van der Waals surface area (Å²) in [7, 11) is 0. The van der Waals surface area contributed by atoms with E-state index in [0.29, 0.717) is 15.9 Å². The van der Waals surface area contributed by atoms with E-state index in [1.165, 1.54) is 0 Å². The molecule has 0 aliphatic rings. The average Bonchev–Trinajstić information content (AvgIpc) is 2.10. The summed E-state index contributed by atoms with van der Waals surface area (Å²) in [6, 6.07) is 3.64. The topological polar surface area (TPSA) is 17.1 Å². The Hall–Kier alpha value is 0.390. The molecule has 1 aromatic carbocycles. The molecule has 0 saturated carbocycles. The highest BCUT2D eigenvalue weighted by Gasteiger charge is 2.10. The first-order valence-corrected chi connectivity index (χ1v) is 6.19. The monoisotopic (exact) mass is 372 g/mol. The minimum atomic E-state index is 0.0614. The number of hydrogen-bond donors (Lipinski definition) is 0. The van der Waals surface area contributed by atoms with Gasteiger partial charge in [-0.25, -0.2) is 0 Å². The van der Waals surface area contributed by atoms with E-state index in [0.717, 1.165) is 9.13 Å². The Balaban J connectivity index is 3.23. The van der Waals surface area contributed by atoms with Crippen molar-refractivity contribution in [2.45, 2.75) is 6.92 Å². The minimum absolute atomic E-state index is 0.0614. The maximum absolute atomic E-state index is 11.4. The van der Waals surface area contributed by atoms with Gasteiger partial charge in [-0.2, -0.15) is 0 Å². The molecule has 0 spiro atoms. The Morgan fingerprint density at radius 2 is 2.23 bits per heavy atom. The largest absolute Gasteiger partial charge is 0.293 e. The van der Waals surface area contributed by atoms with Crippen molar-refractivity contribution in [1.29, 1.82) is 0 Å². The molecule has 0 aliphatic carbocycles. The summed E-state index contributed by atoms with van der Waals surface area (Å²) in [4.78, 5) is 11.4. The molecule has 0 heterocycles. The number of Topliss-reactive ketones (excluding diaryl/α,β-unsaturated/α-hetero) is 1. The zero-order valence-corrected chi connectivity index (χ0v) is 11.4. The van der Waals surface area contributed by atoms with E-state index in [-0.39, 0.29) is 5.78 Å². The number of rotatable bonds is 2. The van der Waals surface area contributed by atoms with Crippen LogP contribution in [0.15, 0.2) is 12.1 Å². The van der Waals surface area contributed by atoms with E-state index in [1.807, 2.05) is 13.0 Å². The predicted octanol–water partition coefficient (Wildman–Crippen LogP) is 3.83. The fourth-order valence-corrected chi connectivity index (χ4v) is 2.32. The third kappa shape index (κ3) is 2.67. The summed E-state index contributed by atoms with van der Waals surface area (Å²) in [5.74, 6) is 0.0614. The highest BCUT2D eigenvalue weighted by Crippen LogP contribution is 2.23. The van der Waals surface area contributed by atoms with Crippen molar-refractivity contribution in [3.63, 3.8) is 0 Å². The number of aryl methyl sites for hydroxylation is 1. The molecular weight excluding hydrogens is 366 g/mol. The lowest BCUT2D eigenvalue weighted by atomic mass is 10.1. The number of carbonyl (C=O) groups is 1. The second-order valence-electron chi connectivity index (χ2n) is 2.64. The van der Waals surface area contributed by atoms with E-state index in [9.17, 15) is 4.79 Å². The minimum Gasteiger partial charge on any atom is -0.293 e. The van der Waals surface area contributed by atoms with Gasteiger partial charge >= 0.3 is 0 Å². The van der Waals surface area contributed by atoms with Crippen LogP contribution < -0.4 is 0 Å². The van der Waals surface area contributed by atoms with E-state index < -0.39 is 0 Å². The summed E-state index contributed by atoms with van der Waals surface area (Å²) in [6.07, 6.45) is 0. The third-order valence-electron chi connectivity index (χ3n) is 1.67. The van der Waals surface area contributed by atoms with E-state index in [2.05, 4.69) is 38.5 Å². The molecule has 0 radical (unpaired) electrons. The van der Waals surface area contributed by atoms with Crippen LogP contribution in [0.1, 0.15) is 15.9 Å². The van der Waals surface area contributed by atoms with Crippen LogP contribution in [0.4, 0.5) is 0 Å². The summed E-state index contributed by atoms with van der Waals surface area (Å²) < 4.78 is 0.948. The van der Waals surface area contributed by atoms with Crippen LogP contribution in [-0.4, -0.2) is 11.1 Å². The van der Waals surface area contributed by atoms with Gasteiger partial charge in [0.1, 0.15) is 0 Å². The van der Waals surface area contributed by atoms with E-state index >= 15 is 0 Å². The highest BCUT2D eigenvalue weighted by atomic mass is 127. The summed E-state index contributed by atoms with van der Waals surface area (Å²) in [6.45, 7) is 1.92. The second-order valence-corrected chi connectivity index (χ2v) is 4.77. The van der Waals surface area contributed by atoms with Crippen LogP contribution in [0.2, 0.25) is 5.02 Å². The van der Waals surface area contributed by atoms with Crippen LogP contribution >= 0.6 is 50.1 Å². The molecule has 0 unspecified atom stereocenters. The molecule has 1 rings (SSSR count). The first-order chi connectivity index (χ1) is 6.06. The second kappa shape index (κ2) is 4.75. The lowest BCUT2D eigenvalue weighted by molar-refractivity contribution is 0.102. The first kappa shape index (κ1) is 11.5. The quantitative estimate of drug-likeness (QED) is 0.437. The molecule has 0 atom stereocenters. The molecule has 1 nitrogen and oxygen atoms in total. The molecule has 0 N–H and O–H groups in total. The van der Waals surface area contributed by atoms with Crippen molar-refractivity contribution in [3.8, 4) is 0 Å². The van der Waals surface area contributed by atoms with Crippen molar-refractivity contribution >= 4 is 55.9 Å². The normalized spacial score (nSPS) is 10.2. The molecule has 70 valence electrons. The first-order valence-electron chi connectivity index (χ1n) is 3.61. The number of benzene rings is 1. The predicted molar refractivity (Wildman–Crippen MR) is 67.0 cm³/mol. The molecule has 1 aromatic rings. The average molecular weight is 373 g/mol. The van der Waals surface area contributed by atoms with E-state index in [4.69, 9.17) is 11.6 Å². The maximum Gasteiger partial charge on any atom is 0.174 e. The van der Waals surface area contributed by atoms with Gasteiger partial charge in [0, 0.05) is 14.2 Å². The smallest absolute Gasteiger partial charge is 0.174 e. The Morgan fingerprint density at radius 3 is 2.77 bits per heavy atom. The Kier molecular flexibility index (Phi) is 4.19. The Morgan fingerprint density at radius 1 is 1.62 bits per heavy atom. The van der Waals surface area contributed by atoms with Gasteiger partial charge in [0.2, 0.25) is 0 Å². The molecular formula is C9H7BrClIO. The number of ketones is 1. The van der Waals surface area contributed by atoms with Gasteiger partial charge in [-0.1, -0.05) is 27.5 Å². The van der Waals surface area contributed by atoms with Crippen LogP contribution in [0.25, 0.3) is 0 Å². The number of alkyl halides is 1. The Labute approximate surface area is 104 Å². The number of halogens is 3. The maximum atomic E-state index is 11.4. The molecule has 4 heteroatoms. The lowest BCUT2D eigenvalue weighted by Gasteiger charge is -2.04. The standard InChI is InChI=1S/C9H7BrClIO/c1-5-2-8(12)6(3-7(5)11)9(13)4-10/h2-3H,4H2,1H3. The van der Waals surface area contributed by atoms with Gasteiger partial charge in [0.05, 0.1) is 5.33 Å². The van der Waals surface area contributed by atoms with E-state index in [1.54, 1.807) is 6.07 Å². The molecule has 0 amide bonds. The molecule has 0 saturated heterocycles. The molecule has 0 aliphatic heterocycles. The van der Waals surface area contributed by atoms with Crippen molar-refractivity contribution in [1.82, 2.24) is 0 Å². The van der Waals surface area contributed by atoms with Gasteiger partial charge < -0.3 is 0 Å². The number of hydrogen-bond acceptors (Lipinski definition) is 1. The van der Waals surface area contributed by atoms with Crippen molar-refractivity contribution in [3.05, 3.63) is 31.9 Å². The van der Waals surface area contributed by atoms with Crippen LogP contribution in [0.5, 0.6) is 0 Å². The van der Waals surface area contributed by atoms with Gasteiger partial charge in [0.25, 0.3) is 0 Å². The number of carbonyl (C=O) groups excluding carboxylic acids is 1. The lowest BCUT2D eigenvalue weighted by Crippen LogP contribution is -2.03. The summed E-state index contributed by atoms with van der Waals surface area (Å²) in [5.41, 5.74) is 1.69. The van der Waals surface area contributed by atoms with Gasteiger partial charge in [-0.15, -0.1) is 0 Å². The fourth-order valence-electron chi connectivity index (χ4n) is 0.932. The third-order valence-corrected chi connectivity index (χ3v) is 3.48. The van der Waals surface area contributed by atoms with Crippen LogP contribution in [0.3, 0.4) is 0 Å². The zero-order chi connectivity index (χ0) is 10.0. The van der Waals surface area contributed by atoms with Crippen molar-refractivity contribution in [2.24, 2.45) is 0 Å². The zero-order valence-electron chi connectivity index (χ0n) is 6.90. The van der Waals surface area contributed by atoms with Crippen molar-refractivity contribution in [2.75, 3.05) is 5.33 Å². The SMILES string of the molecule is Cc1cc(I)c(C(=O)CBr)cc1Cl. The summed E-state index contributed by atoms with van der Waals surface area (Å²) in [5, 5.41) is 0.979. The fraction of sp³-hybridized carbons (Fsp3) is 0.222. The van der Waals surface area contributed by atoms with Crippen LogP contribution in [-0.2, 0) is 0 Å². The van der Waals surface area contributed by atoms with Crippen molar-refractivity contribution < 1.29 is 4.79 Å². The van der Waals surface area contributed by atoms with Crippen LogP contribution in [0, 0.1) is 10.5 Å².